The van der Waals surface area contributed by atoms with E-state index >= 15 is 0 Å². The zero-order valence-corrected chi connectivity index (χ0v) is 10.2. The summed E-state index contributed by atoms with van der Waals surface area (Å²) in [5, 5.41) is 3.48. The lowest BCUT2D eigenvalue weighted by atomic mass is 10.9. The Hall–Kier alpha value is -1.85. The molecule has 0 spiro atoms. The summed E-state index contributed by atoms with van der Waals surface area (Å²) in [5.74, 6) is 0. The molecule has 0 aromatic carbocycles. The van der Waals surface area contributed by atoms with Gasteiger partial charge in [0.05, 0.1) is 13.2 Å². The fourth-order valence-corrected chi connectivity index (χ4v) is 1.60. The van der Waals surface area contributed by atoms with Gasteiger partial charge in [0.2, 0.25) is 6.08 Å². The van der Waals surface area contributed by atoms with Gasteiger partial charge in [-0.2, -0.15) is 0 Å². The molecule has 0 unspecified atom stereocenters. The highest BCUT2D eigenvalue weighted by Crippen LogP contribution is 2.36. The van der Waals surface area contributed by atoms with E-state index in [2.05, 4.69) is 14.2 Å². The van der Waals surface area contributed by atoms with E-state index in [4.69, 9.17) is 0 Å². The van der Waals surface area contributed by atoms with Gasteiger partial charge in [0.25, 0.3) is 0 Å². The largest absolute Gasteiger partial charge is 0.450 e. The van der Waals surface area contributed by atoms with Gasteiger partial charge in [0.1, 0.15) is 0 Å². The topological polar surface area (TPSA) is 123 Å². The molecule has 0 aromatic rings. The van der Waals surface area contributed by atoms with Crippen LogP contribution < -0.4 is 10.2 Å². The molecule has 10 heteroatoms. The maximum Gasteiger partial charge on any atom is 0.415 e. The van der Waals surface area contributed by atoms with E-state index in [-0.39, 0.29) is 13.2 Å². The molecule has 0 aliphatic rings. The summed E-state index contributed by atoms with van der Waals surface area (Å²) in [6, 6.07) is 0. The number of hydrogen-bond donors (Lipinski definition) is 2. The van der Waals surface area contributed by atoms with Crippen LogP contribution >= 0.6 is 7.59 Å². The van der Waals surface area contributed by atoms with Crippen molar-refractivity contribution in [2.75, 3.05) is 13.2 Å². The minimum Gasteiger partial charge on any atom is -0.450 e. The normalized spacial score (nSPS) is 9.76. The number of nitrogens with one attached hydrogen (secondary N) is 2. The van der Waals surface area contributed by atoms with E-state index in [1.807, 2.05) is 0 Å². The van der Waals surface area contributed by atoms with Crippen molar-refractivity contribution < 1.29 is 28.4 Å². The van der Waals surface area contributed by atoms with Gasteiger partial charge in [-0.1, -0.05) is 0 Å². The average molecular weight is 265 g/mol. The van der Waals surface area contributed by atoms with Crippen LogP contribution in [-0.2, 0) is 18.8 Å². The highest BCUT2D eigenvalue weighted by molar-refractivity contribution is 7.60. The van der Waals surface area contributed by atoms with Gasteiger partial charge in [-0.15, -0.1) is 4.76 Å². The smallest absolute Gasteiger partial charge is 0.415 e. The number of ether oxygens (including phenoxy) is 2. The van der Waals surface area contributed by atoms with Gasteiger partial charge in [-0.3, -0.25) is 0 Å². The van der Waals surface area contributed by atoms with E-state index in [1.165, 1.54) is 13.8 Å². The Labute approximate surface area is 97.1 Å². The lowest BCUT2D eigenvalue weighted by Gasteiger charge is -2.13. The molecule has 0 aliphatic heterocycles. The number of carbonyl (C=O) groups excluding carboxylic acids is 3. The number of amides is 2. The van der Waals surface area contributed by atoms with Crippen molar-refractivity contribution in [3.63, 3.8) is 0 Å². The predicted octanol–water partition coefficient (Wildman–Crippen LogP) is 0.923. The first-order valence-corrected chi connectivity index (χ1v) is 6.23. The summed E-state index contributed by atoms with van der Waals surface area (Å²) in [4.78, 5) is 32.0. The molecule has 17 heavy (non-hydrogen) atoms. The first-order valence-electron chi connectivity index (χ1n) is 4.57. The van der Waals surface area contributed by atoms with Gasteiger partial charge < -0.3 is 9.47 Å². The van der Waals surface area contributed by atoms with E-state index in [0.29, 0.717) is 0 Å². The van der Waals surface area contributed by atoms with E-state index in [9.17, 15) is 18.9 Å². The van der Waals surface area contributed by atoms with Crippen LogP contribution in [0.25, 0.3) is 0 Å². The van der Waals surface area contributed by atoms with Crippen molar-refractivity contribution in [1.29, 1.82) is 0 Å². The van der Waals surface area contributed by atoms with E-state index in [0.717, 1.165) is 6.08 Å². The lowest BCUT2D eigenvalue weighted by Crippen LogP contribution is -2.31. The molecule has 0 radical (unpaired) electrons. The van der Waals surface area contributed by atoms with Crippen LogP contribution in [-0.4, -0.2) is 31.5 Å². The standard InChI is InChI=1S/C7H12N3O6P/c1-3-15-6(12)9-17(14,8-5-11)10-7(13)16-4-2/h3-4H2,1-2H3,(H2,9,10,12,13,14). The molecule has 0 atom stereocenters. The van der Waals surface area contributed by atoms with Gasteiger partial charge in [-0.25, -0.2) is 29.1 Å². The molecule has 0 rings (SSSR count). The van der Waals surface area contributed by atoms with Crippen molar-refractivity contribution in [3.8, 4) is 0 Å². The molecule has 0 heterocycles. The third kappa shape index (κ3) is 6.34. The monoisotopic (exact) mass is 265 g/mol. The van der Waals surface area contributed by atoms with Crippen LogP contribution in [0.3, 0.4) is 0 Å². The molecule has 0 bridgehead atoms. The molecule has 96 valence electrons. The predicted molar refractivity (Wildman–Crippen MR) is 56.0 cm³/mol. The highest BCUT2D eigenvalue weighted by atomic mass is 31.2. The molecule has 2 amide bonds. The summed E-state index contributed by atoms with van der Waals surface area (Å²) < 4.78 is 23.4. The van der Waals surface area contributed by atoms with E-state index in [1.54, 1.807) is 10.2 Å². The van der Waals surface area contributed by atoms with Crippen LogP contribution in [0.4, 0.5) is 9.59 Å². The van der Waals surface area contributed by atoms with E-state index < -0.39 is 19.8 Å². The van der Waals surface area contributed by atoms with Gasteiger partial charge >= 0.3 is 19.8 Å². The quantitative estimate of drug-likeness (QED) is 0.433. The van der Waals surface area contributed by atoms with Crippen molar-refractivity contribution in [1.82, 2.24) is 10.2 Å². The zero-order valence-electron chi connectivity index (χ0n) is 9.26. The number of isocyanates is 1. The molecular formula is C7H12N3O6P. The summed E-state index contributed by atoms with van der Waals surface area (Å²) >= 11 is 0. The Balaban J connectivity index is 4.68. The average Bonchev–Trinajstić information content (AvgIpc) is 2.17. The minimum absolute atomic E-state index is 0.0239. The molecule has 0 saturated heterocycles. The second-order valence-electron chi connectivity index (χ2n) is 2.43. The van der Waals surface area contributed by atoms with Crippen LogP contribution in [0.1, 0.15) is 13.8 Å². The molecule has 0 saturated carbocycles. The van der Waals surface area contributed by atoms with Gasteiger partial charge in [-0.05, 0) is 13.8 Å². The molecular weight excluding hydrogens is 253 g/mol. The van der Waals surface area contributed by atoms with Gasteiger partial charge in [0.15, 0.2) is 0 Å². The number of rotatable bonds is 5. The Kier molecular flexibility index (Phi) is 6.62. The Morgan fingerprint density at radius 2 is 1.59 bits per heavy atom. The van der Waals surface area contributed by atoms with Crippen LogP contribution in [0, 0.1) is 0 Å². The van der Waals surface area contributed by atoms with Crippen molar-refractivity contribution in [2.45, 2.75) is 13.8 Å². The van der Waals surface area contributed by atoms with Crippen molar-refractivity contribution in [2.24, 2.45) is 4.76 Å². The minimum atomic E-state index is -4.14. The molecule has 0 fully saturated rings. The summed E-state index contributed by atoms with van der Waals surface area (Å²) in [7, 11) is -4.14. The number of hydrogen-bond acceptors (Lipinski definition) is 6. The number of carbonyl (C=O) groups is 2. The van der Waals surface area contributed by atoms with Crippen molar-refractivity contribution in [3.05, 3.63) is 0 Å². The first kappa shape index (κ1) is 15.2. The summed E-state index contributed by atoms with van der Waals surface area (Å²) in [6.45, 7) is 3.09. The lowest BCUT2D eigenvalue weighted by molar-refractivity contribution is 0.156. The second-order valence-corrected chi connectivity index (χ2v) is 4.23. The third-order valence-electron chi connectivity index (χ3n) is 1.22. The SMILES string of the molecule is CCOC(=O)NP(=O)(N=C=O)NC(=O)OCC. The summed E-state index contributed by atoms with van der Waals surface area (Å²) in [6.07, 6.45) is -1.21. The summed E-state index contributed by atoms with van der Waals surface area (Å²) in [5.41, 5.74) is 0. The molecule has 2 N–H and O–H groups in total. The highest BCUT2D eigenvalue weighted by Gasteiger charge is 2.28. The Morgan fingerprint density at radius 1 is 1.18 bits per heavy atom. The number of nitrogens with zero attached hydrogens (tertiary/aromatic N) is 1. The fraction of sp³-hybridized carbons (Fsp3) is 0.571. The Bertz CT molecular complexity index is 354. The zero-order chi connectivity index (χ0) is 13.3. The second kappa shape index (κ2) is 7.43. The van der Waals surface area contributed by atoms with Crippen LogP contribution in [0.5, 0.6) is 0 Å². The van der Waals surface area contributed by atoms with Crippen LogP contribution in [0.15, 0.2) is 4.76 Å². The molecule has 0 aromatic heterocycles. The maximum atomic E-state index is 11.7. The van der Waals surface area contributed by atoms with Crippen LogP contribution in [0.2, 0.25) is 0 Å². The fourth-order valence-electron chi connectivity index (χ4n) is 0.710. The maximum absolute atomic E-state index is 11.7. The third-order valence-corrected chi connectivity index (χ3v) is 2.55. The molecule has 9 nitrogen and oxygen atoms in total. The van der Waals surface area contributed by atoms with Gasteiger partial charge in [0, 0.05) is 0 Å². The first-order chi connectivity index (χ1) is 7.97. The Morgan fingerprint density at radius 3 is 1.88 bits per heavy atom. The molecule has 0 aliphatic carbocycles. The van der Waals surface area contributed by atoms with Crippen molar-refractivity contribution >= 4 is 25.9 Å².